The van der Waals surface area contributed by atoms with Gasteiger partial charge in [-0.25, -0.2) is 0 Å². The summed E-state index contributed by atoms with van der Waals surface area (Å²) >= 11 is 0. The van der Waals surface area contributed by atoms with Crippen LogP contribution in [-0.4, -0.2) is 35.0 Å². The van der Waals surface area contributed by atoms with Gasteiger partial charge in [-0.05, 0) is 45.4 Å². The molecule has 19 heavy (non-hydrogen) atoms. The number of rotatable bonds is 3. The fourth-order valence-electron chi connectivity index (χ4n) is 2.83. The van der Waals surface area contributed by atoms with E-state index in [0.717, 1.165) is 12.8 Å². The number of likely N-dealkylation sites (tertiary alicyclic amines) is 1. The monoisotopic (exact) mass is 265 g/mol. The highest BCUT2D eigenvalue weighted by Gasteiger charge is 2.37. The van der Waals surface area contributed by atoms with Gasteiger partial charge < -0.3 is 10.0 Å². The van der Waals surface area contributed by atoms with Crippen LogP contribution in [0.3, 0.4) is 0 Å². The number of amides is 1. The van der Waals surface area contributed by atoms with Crippen LogP contribution in [0.1, 0.15) is 51.9 Å². The van der Waals surface area contributed by atoms with Gasteiger partial charge in [0.15, 0.2) is 0 Å². The van der Waals surface area contributed by atoms with Gasteiger partial charge >= 0.3 is 5.97 Å². The van der Waals surface area contributed by atoms with Gasteiger partial charge in [0, 0.05) is 19.5 Å². The van der Waals surface area contributed by atoms with Crippen LogP contribution < -0.4 is 0 Å². The molecule has 2 rings (SSSR count). The van der Waals surface area contributed by atoms with E-state index in [9.17, 15) is 14.7 Å². The first-order chi connectivity index (χ1) is 9.01. The Kier molecular flexibility index (Phi) is 4.27. The zero-order chi connectivity index (χ0) is 13.9. The second-order valence-electron chi connectivity index (χ2n) is 6.03. The summed E-state index contributed by atoms with van der Waals surface area (Å²) in [4.78, 5) is 25.2. The lowest BCUT2D eigenvalue weighted by atomic mass is 9.80. The molecule has 106 valence electrons. The Labute approximate surface area is 114 Å². The quantitative estimate of drug-likeness (QED) is 0.798. The third-order valence-corrected chi connectivity index (χ3v) is 4.50. The molecule has 1 fully saturated rings. The van der Waals surface area contributed by atoms with Crippen molar-refractivity contribution in [1.29, 1.82) is 0 Å². The Morgan fingerprint density at radius 3 is 2.53 bits per heavy atom. The number of hydrogen-bond donors (Lipinski definition) is 1. The predicted molar refractivity (Wildman–Crippen MR) is 72.7 cm³/mol. The summed E-state index contributed by atoms with van der Waals surface area (Å²) in [7, 11) is 0. The van der Waals surface area contributed by atoms with Crippen molar-refractivity contribution in [2.75, 3.05) is 13.1 Å². The normalized spacial score (nSPS) is 22.8. The van der Waals surface area contributed by atoms with Crippen molar-refractivity contribution in [3.05, 3.63) is 11.6 Å². The highest BCUT2D eigenvalue weighted by molar-refractivity contribution is 5.80. The van der Waals surface area contributed by atoms with Crippen molar-refractivity contribution in [3.63, 3.8) is 0 Å². The van der Waals surface area contributed by atoms with Crippen LogP contribution in [0.25, 0.3) is 0 Å². The molecule has 1 saturated heterocycles. The van der Waals surface area contributed by atoms with Gasteiger partial charge in [0.2, 0.25) is 5.91 Å². The van der Waals surface area contributed by atoms with Gasteiger partial charge in [-0.1, -0.05) is 11.6 Å². The van der Waals surface area contributed by atoms with Gasteiger partial charge in [-0.15, -0.1) is 0 Å². The van der Waals surface area contributed by atoms with E-state index >= 15 is 0 Å². The van der Waals surface area contributed by atoms with Gasteiger partial charge in [-0.3, -0.25) is 9.59 Å². The number of carbonyl (C=O) groups is 2. The molecule has 0 aromatic carbocycles. The molecule has 4 nitrogen and oxygen atoms in total. The van der Waals surface area contributed by atoms with Crippen molar-refractivity contribution < 1.29 is 14.7 Å². The fraction of sp³-hybridized carbons (Fsp3) is 0.733. The van der Waals surface area contributed by atoms with Gasteiger partial charge in [0.1, 0.15) is 0 Å². The third kappa shape index (κ3) is 3.37. The summed E-state index contributed by atoms with van der Waals surface area (Å²) in [6.45, 7) is 2.94. The molecule has 4 heteroatoms. The maximum Gasteiger partial charge on any atom is 0.309 e. The molecule has 0 unspecified atom stereocenters. The summed E-state index contributed by atoms with van der Waals surface area (Å²) in [5.74, 6) is -0.574. The Morgan fingerprint density at radius 1 is 1.32 bits per heavy atom. The zero-order valence-corrected chi connectivity index (χ0v) is 11.7. The highest BCUT2D eigenvalue weighted by atomic mass is 16.4. The number of nitrogens with zero attached hydrogens (tertiary/aromatic N) is 1. The molecule has 0 saturated carbocycles. The van der Waals surface area contributed by atoms with E-state index in [1.54, 1.807) is 6.92 Å². The van der Waals surface area contributed by atoms with E-state index in [1.165, 1.54) is 18.4 Å². The minimum atomic E-state index is -0.741. The number of piperidine rings is 1. The molecular formula is C15H23NO3. The molecule has 1 aliphatic heterocycles. The van der Waals surface area contributed by atoms with Crippen molar-refractivity contribution in [2.24, 2.45) is 5.41 Å². The summed E-state index contributed by atoms with van der Waals surface area (Å²) < 4.78 is 0. The molecule has 1 aliphatic carbocycles. The Balaban J connectivity index is 1.85. The molecule has 0 aromatic heterocycles. The van der Waals surface area contributed by atoms with Crippen LogP contribution >= 0.6 is 0 Å². The van der Waals surface area contributed by atoms with Crippen LogP contribution in [0.5, 0.6) is 0 Å². The Hall–Kier alpha value is -1.32. The first-order valence-electron chi connectivity index (χ1n) is 7.20. The van der Waals surface area contributed by atoms with Crippen molar-refractivity contribution in [1.82, 2.24) is 4.90 Å². The van der Waals surface area contributed by atoms with E-state index in [4.69, 9.17) is 0 Å². The zero-order valence-electron chi connectivity index (χ0n) is 11.7. The van der Waals surface area contributed by atoms with Gasteiger partial charge in [0.25, 0.3) is 0 Å². The van der Waals surface area contributed by atoms with Crippen molar-refractivity contribution in [3.8, 4) is 0 Å². The standard InChI is InChI=1S/C15H23NO3/c1-15(14(18)19)7-9-16(10-8-15)13(17)11-12-5-3-2-4-6-12/h5H,2-4,6-11H2,1H3,(H,18,19). The average Bonchev–Trinajstić information content (AvgIpc) is 2.40. The Bertz CT molecular complexity index is 392. The van der Waals surface area contributed by atoms with Crippen molar-refractivity contribution >= 4 is 11.9 Å². The van der Waals surface area contributed by atoms with Crippen LogP contribution in [0.2, 0.25) is 0 Å². The lowest BCUT2D eigenvalue weighted by molar-refractivity contribution is -0.152. The van der Waals surface area contributed by atoms with Crippen LogP contribution in [0.15, 0.2) is 11.6 Å². The molecule has 0 aromatic rings. The largest absolute Gasteiger partial charge is 0.481 e. The van der Waals surface area contributed by atoms with E-state index < -0.39 is 11.4 Å². The molecule has 1 heterocycles. The summed E-state index contributed by atoms with van der Waals surface area (Å²) in [5.41, 5.74) is 0.615. The molecule has 1 N–H and O–H groups in total. The van der Waals surface area contributed by atoms with E-state index in [2.05, 4.69) is 6.08 Å². The maximum absolute atomic E-state index is 12.2. The smallest absolute Gasteiger partial charge is 0.309 e. The first-order valence-corrected chi connectivity index (χ1v) is 7.20. The summed E-state index contributed by atoms with van der Waals surface area (Å²) in [5, 5.41) is 9.17. The second kappa shape index (κ2) is 5.76. The molecular weight excluding hydrogens is 242 g/mol. The minimum absolute atomic E-state index is 0.167. The SMILES string of the molecule is CC1(C(=O)O)CCN(C(=O)CC2=CCCCC2)CC1. The van der Waals surface area contributed by atoms with E-state index in [0.29, 0.717) is 32.4 Å². The minimum Gasteiger partial charge on any atom is -0.481 e. The summed E-state index contributed by atoms with van der Waals surface area (Å²) in [6, 6.07) is 0. The Morgan fingerprint density at radius 2 is 2.00 bits per heavy atom. The average molecular weight is 265 g/mol. The van der Waals surface area contributed by atoms with Crippen molar-refractivity contribution in [2.45, 2.75) is 51.9 Å². The number of carboxylic acids is 1. The molecule has 0 spiro atoms. The predicted octanol–water partition coefficient (Wildman–Crippen LogP) is 2.59. The number of aliphatic carboxylic acids is 1. The number of allylic oxidation sites excluding steroid dienone is 1. The van der Waals surface area contributed by atoms with Crippen LogP contribution in [0, 0.1) is 5.41 Å². The lowest BCUT2D eigenvalue weighted by Crippen LogP contribution is -2.45. The molecule has 0 atom stereocenters. The highest BCUT2D eigenvalue weighted by Crippen LogP contribution is 2.31. The van der Waals surface area contributed by atoms with Crippen LogP contribution in [0.4, 0.5) is 0 Å². The van der Waals surface area contributed by atoms with Crippen LogP contribution in [-0.2, 0) is 9.59 Å². The second-order valence-corrected chi connectivity index (χ2v) is 6.03. The first kappa shape index (κ1) is 14.1. The molecule has 0 radical (unpaired) electrons. The molecule has 0 bridgehead atoms. The van der Waals surface area contributed by atoms with Gasteiger partial charge in [-0.2, -0.15) is 0 Å². The fourth-order valence-corrected chi connectivity index (χ4v) is 2.83. The number of carbonyl (C=O) groups excluding carboxylic acids is 1. The van der Waals surface area contributed by atoms with E-state index in [1.807, 2.05) is 4.90 Å². The maximum atomic E-state index is 12.2. The summed E-state index contributed by atoms with van der Waals surface area (Å²) in [6.07, 6.45) is 8.43. The number of hydrogen-bond acceptors (Lipinski definition) is 2. The molecule has 2 aliphatic rings. The molecule has 1 amide bonds. The topological polar surface area (TPSA) is 57.6 Å². The number of carboxylic acid groups (broad SMARTS) is 1. The lowest BCUT2D eigenvalue weighted by Gasteiger charge is -2.36. The van der Waals surface area contributed by atoms with E-state index in [-0.39, 0.29) is 5.91 Å². The van der Waals surface area contributed by atoms with Gasteiger partial charge in [0.05, 0.1) is 5.41 Å². The third-order valence-electron chi connectivity index (χ3n) is 4.50.